The molecule has 0 saturated carbocycles. The third-order valence-electron chi connectivity index (χ3n) is 1.33. The van der Waals surface area contributed by atoms with Crippen LogP contribution in [0, 0.1) is 5.41 Å². The maximum absolute atomic E-state index is 10.8. The molecule has 0 aromatic carbocycles. The molecule has 1 N–H and O–H groups in total. The molecule has 66 valence electrons. The summed E-state index contributed by atoms with van der Waals surface area (Å²) in [5.74, 6) is 0.347. The van der Waals surface area contributed by atoms with Crippen molar-refractivity contribution in [2.24, 2.45) is 10.6 Å². The van der Waals surface area contributed by atoms with E-state index in [1.165, 1.54) is 0 Å². The predicted molar refractivity (Wildman–Crippen MR) is 47.6 cm³/mol. The summed E-state index contributed by atoms with van der Waals surface area (Å²) in [6.07, 6.45) is 1.59. The number of oxime groups is 1. The SMILES string of the molecule is CS(=O)CC(=NO)C(C)(C)C. The van der Waals surface area contributed by atoms with Crippen molar-refractivity contribution in [1.82, 2.24) is 0 Å². The molecule has 1 atom stereocenters. The van der Waals surface area contributed by atoms with Crippen molar-refractivity contribution < 1.29 is 9.42 Å². The maximum atomic E-state index is 10.8. The first kappa shape index (κ1) is 10.6. The molecule has 0 aromatic heterocycles. The fourth-order valence-electron chi connectivity index (χ4n) is 0.588. The molecule has 0 amide bonds. The van der Waals surface area contributed by atoms with Crippen LogP contribution in [0.5, 0.6) is 0 Å². The Morgan fingerprint density at radius 2 is 2.00 bits per heavy atom. The molecular weight excluding hydrogens is 162 g/mol. The molecule has 0 saturated heterocycles. The molecule has 0 rings (SSSR count). The van der Waals surface area contributed by atoms with Crippen molar-refractivity contribution in [3.8, 4) is 0 Å². The fraction of sp³-hybridized carbons (Fsp3) is 0.857. The molecule has 0 bridgehead atoms. The van der Waals surface area contributed by atoms with Crippen LogP contribution in [0.25, 0.3) is 0 Å². The normalized spacial score (nSPS) is 16.5. The van der Waals surface area contributed by atoms with E-state index in [4.69, 9.17) is 5.21 Å². The van der Waals surface area contributed by atoms with Crippen LogP contribution >= 0.6 is 0 Å². The van der Waals surface area contributed by atoms with E-state index in [0.717, 1.165) is 0 Å². The fourth-order valence-corrected chi connectivity index (χ4v) is 1.46. The second kappa shape index (κ2) is 3.85. The van der Waals surface area contributed by atoms with Crippen LogP contribution in [0.4, 0.5) is 0 Å². The minimum atomic E-state index is -0.933. The third-order valence-corrected chi connectivity index (χ3v) is 2.01. The van der Waals surface area contributed by atoms with Crippen LogP contribution in [-0.2, 0) is 10.8 Å². The van der Waals surface area contributed by atoms with Gasteiger partial charge in [-0.05, 0) is 0 Å². The van der Waals surface area contributed by atoms with Gasteiger partial charge >= 0.3 is 0 Å². The summed E-state index contributed by atoms with van der Waals surface area (Å²) in [5, 5.41) is 11.7. The van der Waals surface area contributed by atoms with Gasteiger partial charge in [0.15, 0.2) is 0 Å². The van der Waals surface area contributed by atoms with Gasteiger partial charge in [-0.15, -0.1) is 0 Å². The smallest absolute Gasteiger partial charge is 0.0748 e. The van der Waals surface area contributed by atoms with Crippen LogP contribution < -0.4 is 0 Å². The predicted octanol–water partition coefficient (Wildman–Crippen LogP) is 1.24. The van der Waals surface area contributed by atoms with Gasteiger partial charge < -0.3 is 5.21 Å². The summed E-state index contributed by atoms with van der Waals surface area (Å²) < 4.78 is 10.8. The second-order valence-electron chi connectivity index (χ2n) is 3.51. The van der Waals surface area contributed by atoms with E-state index in [0.29, 0.717) is 11.5 Å². The van der Waals surface area contributed by atoms with Gasteiger partial charge in [-0.2, -0.15) is 0 Å². The Morgan fingerprint density at radius 3 is 2.09 bits per heavy atom. The highest BCUT2D eigenvalue weighted by atomic mass is 32.2. The van der Waals surface area contributed by atoms with E-state index in [1.807, 2.05) is 20.8 Å². The molecular formula is C7H15NO2S. The summed E-state index contributed by atoms with van der Waals surface area (Å²) in [7, 11) is -0.933. The topological polar surface area (TPSA) is 49.7 Å². The molecule has 0 aliphatic heterocycles. The highest BCUT2D eigenvalue weighted by Gasteiger charge is 2.20. The average molecular weight is 177 g/mol. The average Bonchev–Trinajstić information content (AvgIpc) is 1.79. The first-order chi connectivity index (χ1) is 4.88. The van der Waals surface area contributed by atoms with Crippen LogP contribution in [0.2, 0.25) is 0 Å². The zero-order valence-electron chi connectivity index (χ0n) is 7.42. The minimum Gasteiger partial charge on any atom is -0.411 e. The van der Waals surface area contributed by atoms with E-state index in [2.05, 4.69) is 5.16 Å². The number of rotatable bonds is 2. The summed E-state index contributed by atoms with van der Waals surface area (Å²) in [6.45, 7) is 5.78. The van der Waals surface area contributed by atoms with Gasteiger partial charge in [-0.25, -0.2) is 0 Å². The van der Waals surface area contributed by atoms with Crippen LogP contribution in [0.1, 0.15) is 20.8 Å². The third kappa shape index (κ3) is 4.14. The molecule has 0 heterocycles. The lowest BCUT2D eigenvalue weighted by molar-refractivity contribution is 0.310. The highest BCUT2D eigenvalue weighted by molar-refractivity contribution is 7.85. The Hall–Kier alpha value is -0.380. The van der Waals surface area contributed by atoms with Crippen molar-refractivity contribution in [1.29, 1.82) is 0 Å². The van der Waals surface area contributed by atoms with E-state index < -0.39 is 10.8 Å². The van der Waals surface area contributed by atoms with Crippen LogP contribution in [0.15, 0.2) is 5.16 Å². The van der Waals surface area contributed by atoms with Gasteiger partial charge in [0.2, 0.25) is 0 Å². The molecule has 0 aliphatic carbocycles. The van der Waals surface area contributed by atoms with Gasteiger partial charge in [0.1, 0.15) is 0 Å². The van der Waals surface area contributed by atoms with Gasteiger partial charge in [-0.3, -0.25) is 4.21 Å². The first-order valence-corrected chi connectivity index (χ1v) is 5.12. The maximum Gasteiger partial charge on any atom is 0.0748 e. The van der Waals surface area contributed by atoms with Crippen molar-refractivity contribution in [3.63, 3.8) is 0 Å². The van der Waals surface area contributed by atoms with Crippen LogP contribution in [0.3, 0.4) is 0 Å². The Bertz CT molecular complexity index is 181. The number of hydrogen-bond donors (Lipinski definition) is 1. The quantitative estimate of drug-likeness (QED) is 0.392. The number of hydrogen-bond acceptors (Lipinski definition) is 3. The van der Waals surface area contributed by atoms with E-state index in [1.54, 1.807) is 6.26 Å². The zero-order valence-corrected chi connectivity index (χ0v) is 8.23. The number of nitrogens with zero attached hydrogens (tertiary/aromatic N) is 1. The summed E-state index contributed by atoms with van der Waals surface area (Å²) >= 11 is 0. The summed E-state index contributed by atoms with van der Waals surface area (Å²) in [6, 6.07) is 0. The molecule has 0 radical (unpaired) electrons. The zero-order chi connectivity index (χ0) is 9.07. The van der Waals surface area contributed by atoms with E-state index in [-0.39, 0.29) is 5.41 Å². The molecule has 4 heteroatoms. The van der Waals surface area contributed by atoms with Gasteiger partial charge in [-0.1, -0.05) is 25.9 Å². The van der Waals surface area contributed by atoms with Crippen molar-refractivity contribution >= 4 is 16.5 Å². The van der Waals surface area contributed by atoms with Gasteiger partial charge in [0.25, 0.3) is 0 Å². The minimum absolute atomic E-state index is 0.194. The molecule has 1 unspecified atom stereocenters. The lowest BCUT2D eigenvalue weighted by atomic mass is 9.91. The van der Waals surface area contributed by atoms with Gasteiger partial charge in [0.05, 0.1) is 11.5 Å². The molecule has 0 spiro atoms. The Labute approximate surface area is 69.9 Å². The van der Waals surface area contributed by atoms with Crippen molar-refractivity contribution in [2.75, 3.05) is 12.0 Å². The largest absolute Gasteiger partial charge is 0.411 e. The van der Waals surface area contributed by atoms with E-state index in [9.17, 15) is 4.21 Å². The summed E-state index contributed by atoms with van der Waals surface area (Å²) in [5.41, 5.74) is 0.388. The Morgan fingerprint density at radius 1 is 1.55 bits per heavy atom. The Balaban J connectivity index is 4.33. The highest BCUT2D eigenvalue weighted by Crippen LogP contribution is 2.16. The molecule has 3 nitrogen and oxygen atoms in total. The lowest BCUT2D eigenvalue weighted by Crippen LogP contribution is -2.25. The molecule has 0 fully saturated rings. The van der Waals surface area contributed by atoms with Crippen molar-refractivity contribution in [3.05, 3.63) is 0 Å². The van der Waals surface area contributed by atoms with Crippen LogP contribution in [-0.4, -0.2) is 27.1 Å². The molecule has 11 heavy (non-hydrogen) atoms. The second-order valence-corrected chi connectivity index (χ2v) is 4.95. The first-order valence-electron chi connectivity index (χ1n) is 3.39. The standard InChI is InChI=1S/C7H15NO2S/c1-7(2,3)6(8-9)5-11(4)10/h9H,5H2,1-4H3. The summed E-state index contributed by atoms with van der Waals surface area (Å²) in [4.78, 5) is 0. The lowest BCUT2D eigenvalue weighted by Gasteiger charge is -2.18. The Kier molecular flexibility index (Phi) is 3.72. The van der Waals surface area contributed by atoms with Gasteiger partial charge in [0, 0.05) is 22.5 Å². The molecule has 0 aromatic rings. The van der Waals surface area contributed by atoms with Crippen molar-refractivity contribution in [2.45, 2.75) is 20.8 Å². The van der Waals surface area contributed by atoms with E-state index >= 15 is 0 Å². The monoisotopic (exact) mass is 177 g/mol. The molecule has 0 aliphatic rings.